The lowest BCUT2D eigenvalue weighted by Gasteiger charge is -2.37. The van der Waals surface area contributed by atoms with Gasteiger partial charge >= 0.3 is 0 Å². The van der Waals surface area contributed by atoms with E-state index in [9.17, 15) is 4.79 Å². The highest BCUT2D eigenvalue weighted by Crippen LogP contribution is 2.24. The summed E-state index contributed by atoms with van der Waals surface area (Å²) in [7, 11) is 0. The lowest BCUT2D eigenvalue weighted by Crippen LogP contribution is -2.46. The van der Waals surface area contributed by atoms with Crippen LogP contribution in [0.25, 0.3) is 5.69 Å². The van der Waals surface area contributed by atoms with Gasteiger partial charge in [-0.1, -0.05) is 47.5 Å². The van der Waals surface area contributed by atoms with Crippen LogP contribution in [0.1, 0.15) is 23.7 Å². The number of halogens is 1. The van der Waals surface area contributed by atoms with Crippen molar-refractivity contribution in [2.24, 2.45) is 0 Å². The predicted molar refractivity (Wildman–Crippen MR) is 124 cm³/mol. The monoisotopic (exact) mass is 424 g/mol. The van der Waals surface area contributed by atoms with E-state index in [-0.39, 0.29) is 5.56 Å². The van der Waals surface area contributed by atoms with Crippen LogP contribution in [0.5, 0.6) is 0 Å². The van der Waals surface area contributed by atoms with Crippen molar-refractivity contribution in [1.82, 2.24) is 14.3 Å². The van der Waals surface area contributed by atoms with Gasteiger partial charge in [0.1, 0.15) is 5.02 Å². The molecule has 1 aliphatic rings. The van der Waals surface area contributed by atoms with Gasteiger partial charge in [0.2, 0.25) is 0 Å². The van der Waals surface area contributed by atoms with Gasteiger partial charge in [-0.15, -0.1) is 0 Å². The summed E-state index contributed by atoms with van der Waals surface area (Å²) in [5.41, 5.74) is 5.54. The maximum Gasteiger partial charge on any atom is 0.290 e. The largest absolute Gasteiger partial charge is 0.369 e. The topological polar surface area (TPSA) is 33.4 Å². The van der Waals surface area contributed by atoms with Gasteiger partial charge in [0.15, 0.2) is 0 Å². The van der Waals surface area contributed by atoms with E-state index in [4.69, 9.17) is 11.6 Å². The van der Waals surface area contributed by atoms with Crippen molar-refractivity contribution in [3.8, 4) is 5.69 Å². The average molecular weight is 425 g/mol. The fraction of sp³-hybridized carbons (Fsp3) is 0.375. The molecule has 0 aliphatic carbocycles. The summed E-state index contributed by atoms with van der Waals surface area (Å²) in [4.78, 5) is 17.7. The Morgan fingerprint density at radius 1 is 0.967 bits per heavy atom. The molecule has 0 unspecified atom stereocenters. The van der Waals surface area contributed by atoms with Gasteiger partial charge in [0.05, 0.1) is 11.4 Å². The number of rotatable bonds is 5. The predicted octanol–water partition coefficient (Wildman–Crippen LogP) is 4.25. The molecule has 1 fully saturated rings. The first-order valence-electron chi connectivity index (χ1n) is 10.6. The molecule has 30 heavy (non-hydrogen) atoms. The number of piperazine rings is 1. The molecule has 6 heteroatoms. The highest BCUT2D eigenvalue weighted by Gasteiger charge is 2.24. The number of hydrogen-bond acceptors (Lipinski definition) is 3. The molecule has 0 spiro atoms. The number of para-hydroxylation sites is 1. The quantitative estimate of drug-likeness (QED) is 0.613. The summed E-state index contributed by atoms with van der Waals surface area (Å²) >= 11 is 6.54. The Labute approximate surface area is 183 Å². The van der Waals surface area contributed by atoms with Crippen LogP contribution in [0.3, 0.4) is 0 Å². The van der Waals surface area contributed by atoms with Crippen molar-refractivity contribution >= 4 is 17.3 Å². The standard InChI is InChI=1S/C24H29ClN4O/c1-4-28-22(23(25)24(30)29(28)20-8-6-5-7-9-20)17-26-12-14-27(15-13-26)21-11-10-18(2)16-19(21)3/h5-11,16H,4,12-15,17H2,1-3H3. The van der Waals surface area contributed by atoms with E-state index in [1.165, 1.54) is 16.8 Å². The van der Waals surface area contributed by atoms with Crippen molar-refractivity contribution < 1.29 is 0 Å². The lowest BCUT2D eigenvalue weighted by atomic mass is 10.1. The zero-order chi connectivity index (χ0) is 21.3. The Bertz CT molecular complexity index is 1080. The molecule has 0 radical (unpaired) electrons. The third-order valence-electron chi connectivity index (χ3n) is 5.93. The van der Waals surface area contributed by atoms with Crippen LogP contribution in [0.15, 0.2) is 53.3 Å². The number of aromatic nitrogens is 2. The molecule has 2 heterocycles. The van der Waals surface area contributed by atoms with Gasteiger partial charge < -0.3 is 4.90 Å². The molecular formula is C24H29ClN4O. The molecule has 0 bridgehead atoms. The van der Waals surface area contributed by atoms with Crippen LogP contribution in [0, 0.1) is 13.8 Å². The molecule has 1 saturated heterocycles. The third kappa shape index (κ3) is 3.92. The molecule has 158 valence electrons. The summed E-state index contributed by atoms with van der Waals surface area (Å²) in [6.45, 7) is 11.6. The highest BCUT2D eigenvalue weighted by molar-refractivity contribution is 6.31. The summed E-state index contributed by atoms with van der Waals surface area (Å²) in [5, 5.41) is 0.331. The molecule has 0 amide bonds. The average Bonchev–Trinajstić information content (AvgIpc) is 2.99. The van der Waals surface area contributed by atoms with Crippen molar-refractivity contribution in [2.75, 3.05) is 31.1 Å². The molecule has 0 N–H and O–H groups in total. The lowest BCUT2D eigenvalue weighted by molar-refractivity contribution is 0.241. The summed E-state index contributed by atoms with van der Waals surface area (Å²) in [5.74, 6) is 0. The van der Waals surface area contributed by atoms with Crippen LogP contribution >= 0.6 is 11.6 Å². The van der Waals surface area contributed by atoms with Gasteiger partial charge in [-0.05, 0) is 44.5 Å². The second kappa shape index (κ2) is 8.70. The number of hydrogen-bond donors (Lipinski definition) is 0. The molecule has 0 saturated carbocycles. The first kappa shape index (κ1) is 20.8. The van der Waals surface area contributed by atoms with Crippen molar-refractivity contribution in [2.45, 2.75) is 33.9 Å². The summed E-state index contributed by atoms with van der Waals surface area (Å²) < 4.78 is 3.71. The van der Waals surface area contributed by atoms with E-state index in [0.717, 1.165) is 37.6 Å². The van der Waals surface area contributed by atoms with Gasteiger partial charge in [-0.3, -0.25) is 14.4 Å². The maximum absolute atomic E-state index is 12.9. The van der Waals surface area contributed by atoms with Gasteiger partial charge in [-0.25, -0.2) is 4.68 Å². The Morgan fingerprint density at radius 3 is 2.30 bits per heavy atom. The Kier molecular flexibility index (Phi) is 6.02. The number of anilines is 1. The van der Waals surface area contributed by atoms with Crippen molar-refractivity contribution in [1.29, 1.82) is 0 Å². The number of aryl methyl sites for hydroxylation is 2. The smallest absolute Gasteiger partial charge is 0.290 e. The molecule has 1 aliphatic heterocycles. The van der Waals surface area contributed by atoms with E-state index in [2.05, 4.69) is 48.8 Å². The van der Waals surface area contributed by atoms with Gasteiger partial charge in [0, 0.05) is 45.0 Å². The van der Waals surface area contributed by atoms with Crippen molar-refractivity contribution in [3.05, 3.63) is 80.7 Å². The first-order chi connectivity index (χ1) is 14.5. The molecule has 0 atom stereocenters. The van der Waals surface area contributed by atoms with E-state index in [1.807, 2.05) is 35.0 Å². The minimum atomic E-state index is -0.145. The fourth-order valence-corrected chi connectivity index (χ4v) is 4.63. The third-order valence-corrected chi connectivity index (χ3v) is 6.31. The Morgan fingerprint density at radius 2 is 1.67 bits per heavy atom. The van der Waals surface area contributed by atoms with E-state index in [0.29, 0.717) is 18.1 Å². The molecule has 4 rings (SSSR count). The van der Waals surface area contributed by atoms with Crippen LogP contribution in [0.2, 0.25) is 5.02 Å². The van der Waals surface area contributed by atoms with Crippen molar-refractivity contribution in [3.63, 3.8) is 0 Å². The Hall–Kier alpha value is -2.50. The zero-order valence-electron chi connectivity index (χ0n) is 17.9. The Balaban J connectivity index is 1.53. The van der Waals surface area contributed by atoms with Gasteiger partial charge in [0.25, 0.3) is 5.56 Å². The molecule has 5 nitrogen and oxygen atoms in total. The number of benzene rings is 2. The summed E-state index contributed by atoms with van der Waals surface area (Å²) in [6.07, 6.45) is 0. The minimum absolute atomic E-state index is 0.145. The summed E-state index contributed by atoms with van der Waals surface area (Å²) in [6, 6.07) is 16.4. The number of nitrogens with zero attached hydrogens (tertiary/aromatic N) is 4. The zero-order valence-corrected chi connectivity index (χ0v) is 18.7. The van der Waals surface area contributed by atoms with Gasteiger partial charge in [-0.2, -0.15) is 0 Å². The van der Waals surface area contributed by atoms with Crippen LogP contribution < -0.4 is 10.5 Å². The highest BCUT2D eigenvalue weighted by atomic mass is 35.5. The SMILES string of the molecule is CCn1c(CN2CCN(c3ccc(C)cc3C)CC2)c(Cl)c(=O)n1-c1ccccc1. The normalized spacial score (nSPS) is 15.0. The molecular weight excluding hydrogens is 396 g/mol. The second-order valence-electron chi connectivity index (χ2n) is 7.98. The van der Waals surface area contributed by atoms with E-state index >= 15 is 0 Å². The van der Waals surface area contributed by atoms with E-state index in [1.54, 1.807) is 4.68 Å². The fourth-order valence-electron chi connectivity index (χ4n) is 4.39. The van der Waals surface area contributed by atoms with E-state index < -0.39 is 0 Å². The molecule has 3 aromatic rings. The second-order valence-corrected chi connectivity index (χ2v) is 8.36. The van der Waals surface area contributed by atoms with Crippen LogP contribution in [0.4, 0.5) is 5.69 Å². The molecule has 1 aromatic heterocycles. The van der Waals surface area contributed by atoms with Crippen LogP contribution in [-0.4, -0.2) is 40.4 Å². The first-order valence-corrected chi connectivity index (χ1v) is 11.0. The molecule has 2 aromatic carbocycles. The maximum atomic E-state index is 12.9. The minimum Gasteiger partial charge on any atom is -0.369 e. The van der Waals surface area contributed by atoms with Crippen LogP contribution in [-0.2, 0) is 13.1 Å².